The minimum atomic E-state index is -0.655. The van der Waals surface area contributed by atoms with Gasteiger partial charge in [-0.25, -0.2) is 0 Å². The first kappa shape index (κ1) is 8.95. The largest absolute Gasteiger partial charge is 0.481 e. The predicted octanol–water partition coefficient (Wildman–Crippen LogP) is 1.31. The van der Waals surface area contributed by atoms with Crippen molar-refractivity contribution in [3.63, 3.8) is 0 Å². The van der Waals surface area contributed by atoms with Crippen LogP contribution in [-0.4, -0.2) is 21.3 Å². The van der Waals surface area contributed by atoms with E-state index in [4.69, 9.17) is 5.11 Å². The third-order valence-electron chi connectivity index (χ3n) is 3.71. The predicted molar refractivity (Wildman–Crippen MR) is 53.6 cm³/mol. The lowest BCUT2D eigenvalue weighted by Crippen LogP contribution is -2.18. The van der Waals surface area contributed by atoms with E-state index in [0.717, 1.165) is 31.4 Å². The molecule has 0 saturated heterocycles. The van der Waals surface area contributed by atoms with Gasteiger partial charge in [0, 0.05) is 12.1 Å². The van der Waals surface area contributed by atoms with Crippen LogP contribution in [0, 0.1) is 5.41 Å². The van der Waals surface area contributed by atoms with Gasteiger partial charge in [-0.15, -0.1) is 0 Å². The highest BCUT2D eigenvalue weighted by Gasteiger charge is 2.51. The molecule has 0 aliphatic heterocycles. The fourth-order valence-corrected chi connectivity index (χ4v) is 2.47. The van der Waals surface area contributed by atoms with E-state index in [-0.39, 0.29) is 0 Å². The number of aryl methyl sites for hydroxylation is 1. The third-order valence-corrected chi connectivity index (χ3v) is 3.71. The normalized spacial score (nSPS) is 21.3. The molecule has 2 N–H and O–H groups in total. The molecule has 0 spiro atoms. The minimum absolute atomic E-state index is 0.481. The molecule has 1 aromatic rings. The molecule has 1 heterocycles. The van der Waals surface area contributed by atoms with Crippen LogP contribution in [0.5, 0.6) is 0 Å². The first-order valence-electron chi connectivity index (χ1n) is 5.50. The molecule has 2 aliphatic rings. The van der Waals surface area contributed by atoms with Crippen molar-refractivity contribution in [2.24, 2.45) is 5.41 Å². The highest BCUT2D eigenvalue weighted by molar-refractivity contribution is 5.78. The van der Waals surface area contributed by atoms with Crippen molar-refractivity contribution in [1.29, 1.82) is 0 Å². The fraction of sp³-hybridized carbons (Fsp3) is 0.636. The minimum Gasteiger partial charge on any atom is -0.481 e. The second-order valence-corrected chi connectivity index (χ2v) is 4.74. The highest BCUT2D eigenvalue weighted by Crippen LogP contribution is 2.49. The summed E-state index contributed by atoms with van der Waals surface area (Å²) in [6.07, 6.45) is 5.55. The Kier molecular flexibility index (Phi) is 1.69. The molecule has 3 rings (SSSR count). The number of carboxylic acids is 1. The number of nitrogens with one attached hydrogen (secondary N) is 1. The van der Waals surface area contributed by atoms with E-state index in [1.165, 1.54) is 17.7 Å². The van der Waals surface area contributed by atoms with E-state index >= 15 is 0 Å². The van der Waals surface area contributed by atoms with Crippen LogP contribution < -0.4 is 0 Å². The van der Waals surface area contributed by atoms with Crippen molar-refractivity contribution in [2.75, 3.05) is 0 Å². The number of rotatable bonds is 3. The zero-order valence-electron chi connectivity index (χ0n) is 8.55. The van der Waals surface area contributed by atoms with E-state index in [2.05, 4.69) is 10.2 Å². The topological polar surface area (TPSA) is 66.0 Å². The van der Waals surface area contributed by atoms with Gasteiger partial charge in [0.15, 0.2) is 0 Å². The van der Waals surface area contributed by atoms with Gasteiger partial charge in [-0.05, 0) is 37.7 Å². The van der Waals surface area contributed by atoms with Gasteiger partial charge in [0.25, 0.3) is 0 Å². The first-order valence-corrected chi connectivity index (χ1v) is 5.50. The Hall–Kier alpha value is -1.32. The van der Waals surface area contributed by atoms with Crippen LogP contribution in [0.1, 0.15) is 36.2 Å². The van der Waals surface area contributed by atoms with Crippen molar-refractivity contribution in [2.45, 2.75) is 38.5 Å². The fourth-order valence-electron chi connectivity index (χ4n) is 2.47. The molecule has 80 valence electrons. The Balaban J connectivity index is 1.86. The van der Waals surface area contributed by atoms with E-state index in [1.807, 2.05) is 0 Å². The molecule has 1 fully saturated rings. The molecule has 0 atom stereocenters. The lowest BCUT2D eigenvalue weighted by Gasteiger charge is -2.07. The van der Waals surface area contributed by atoms with Gasteiger partial charge in [0.2, 0.25) is 0 Å². The summed E-state index contributed by atoms with van der Waals surface area (Å²) in [6.45, 7) is 0. The van der Waals surface area contributed by atoms with Gasteiger partial charge in [-0.2, -0.15) is 5.10 Å². The number of hydrogen-bond donors (Lipinski definition) is 2. The number of H-pyrrole nitrogens is 1. The van der Waals surface area contributed by atoms with Crippen LogP contribution in [0.25, 0.3) is 0 Å². The average molecular weight is 206 g/mol. The Bertz CT molecular complexity index is 418. The van der Waals surface area contributed by atoms with Gasteiger partial charge in [-0.1, -0.05) is 0 Å². The lowest BCUT2D eigenvalue weighted by molar-refractivity contribution is -0.143. The Morgan fingerprint density at radius 2 is 2.27 bits per heavy atom. The molecule has 0 aromatic carbocycles. The van der Waals surface area contributed by atoms with E-state index in [1.54, 1.807) is 0 Å². The summed E-state index contributed by atoms with van der Waals surface area (Å²) in [7, 11) is 0. The maximum atomic E-state index is 11.1. The molecule has 1 aromatic heterocycles. The van der Waals surface area contributed by atoms with Crippen molar-refractivity contribution in [1.82, 2.24) is 10.2 Å². The van der Waals surface area contributed by atoms with Crippen molar-refractivity contribution in [3.05, 3.63) is 17.0 Å². The Labute approximate surface area is 87.7 Å². The second kappa shape index (κ2) is 2.84. The zero-order chi connectivity index (χ0) is 10.5. The van der Waals surface area contributed by atoms with E-state index in [0.29, 0.717) is 6.42 Å². The van der Waals surface area contributed by atoms with Gasteiger partial charge in [0.1, 0.15) is 0 Å². The van der Waals surface area contributed by atoms with Crippen LogP contribution in [-0.2, 0) is 24.1 Å². The molecule has 2 aliphatic carbocycles. The number of aromatic nitrogens is 2. The van der Waals surface area contributed by atoms with Crippen LogP contribution in [0.3, 0.4) is 0 Å². The van der Waals surface area contributed by atoms with E-state index < -0.39 is 11.4 Å². The number of fused-ring (bicyclic) bond motifs is 1. The smallest absolute Gasteiger partial charge is 0.310 e. The van der Waals surface area contributed by atoms with Crippen molar-refractivity contribution < 1.29 is 9.90 Å². The Morgan fingerprint density at radius 1 is 1.47 bits per heavy atom. The summed E-state index contributed by atoms with van der Waals surface area (Å²) in [6, 6.07) is 0. The molecule has 4 heteroatoms. The van der Waals surface area contributed by atoms with Gasteiger partial charge >= 0.3 is 5.97 Å². The van der Waals surface area contributed by atoms with Crippen molar-refractivity contribution >= 4 is 5.97 Å². The summed E-state index contributed by atoms with van der Waals surface area (Å²) in [5.74, 6) is -0.655. The van der Waals surface area contributed by atoms with Crippen LogP contribution in [0.2, 0.25) is 0 Å². The third kappa shape index (κ3) is 1.28. The summed E-state index contributed by atoms with van der Waals surface area (Å²) < 4.78 is 0. The second-order valence-electron chi connectivity index (χ2n) is 4.74. The average Bonchev–Trinajstić information content (AvgIpc) is 2.69. The van der Waals surface area contributed by atoms with E-state index in [9.17, 15) is 4.79 Å². The van der Waals surface area contributed by atoms with Crippen molar-refractivity contribution in [3.8, 4) is 0 Å². The lowest BCUT2D eigenvalue weighted by atomic mass is 9.98. The summed E-state index contributed by atoms with van der Waals surface area (Å²) >= 11 is 0. The number of carbonyl (C=O) groups is 1. The maximum absolute atomic E-state index is 11.1. The number of aromatic amines is 1. The molecule has 0 bridgehead atoms. The molecule has 1 saturated carbocycles. The van der Waals surface area contributed by atoms with Crippen LogP contribution in [0.4, 0.5) is 0 Å². The highest BCUT2D eigenvalue weighted by atomic mass is 16.4. The molecule has 0 amide bonds. The summed E-state index contributed by atoms with van der Waals surface area (Å²) in [5, 5.41) is 16.4. The van der Waals surface area contributed by atoms with Crippen LogP contribution >= 0.6 is 0 Å². The molecular formula is C11H14N2O2. The maximum Gasteiger partial charge on any atom is 0.310 e. The van der Waals surface area contributed by atoms with Crippen LogP contribution in [0.15, 0.2) is 0 Å². The number of hydrogen-bond acceptors (Lipinski definition) is 2. The summed E-state index contributed by atoms with van der Waals surface area (Å²) in [4.78, 5) is 11.1. The zero-order valence-corrected chi connectivity index (χ0v) is 8.55. The number of nitrogens with zero attached hydrogens (tertiary/aromatic N) is 1. The molecule has 0 unspecified atom stereocenters. The monoisotopic (exact) mass is 206 g/mol. The molecule has 0 radical (unpaired) electrons. The SMILES string of the molecule is O=C(O)C1(Cc2n[nH]c3c2CCC3)CC1. The standard InChI is InChI=1S/C11H14N2O2/c14-10(15)11(4-5-11)6-9-7-2-1-3-8(7)12-13-9/h1-6H2,(H,12,13)(H,14,15). The Morgan fingerprint density at radius 3 is 2.93 bits per heavy atom. The van der Waals surface area contributed by atoms with Gasteiger partial charge in [0.05, 0.1) is 11.1 Å². The number of carboxylic acid groups (broad SMARTS) is 1. The molecule has 15 heavy (non-hydrogen) atoms. The molecular weight excluding hydrogens is 192 g/mol. The van der Waals surface area contributed by atoms with Gasteiger partial charge in [-0.3, -0.25) is 9.89 Å². The molecule has 4 nitrogen and oxygen atoms in total. The first-order chi connectivity index (χ1) is 7.21. The van der Waals surface area contributed by atoms with Gasteiger partial charge < -0.3 is 5.11 Å². The number of aliphatic carboxylic acids is 1. The summed E-state index contributed by atoms with van der Waals surface area (Å²) in [5.41, 5.74) is 3.04. The quantitative estimate of drug-likeness (QED) is 0.783.